The van der Waals surface area contributed by atoms with Crippen molar-refractivity contribution in [1.29, 1.82) is 0 Å². The minimum absolute atomic E-state index is 0.0139. The van der Waals surface area contributed by atoms with Crippen LogP contribution in [-0.2, 0) is 9.59 Å². The summed E-state index contributed by atoms with van der Waals surface area (Å²) in [5.41, 5.74) is 3.90. The molecule has 3 aliphatic carbocycles. The molecule has 0 radical (unpaired) electrons. The third-order valence-electron chi connectivity index (χ3n) is 9.29. The van der Waals surface area contributed by atoms with Gasteiger partial charge in [-0.15, -0.1) is 0 Å². The zero-order chi connectivity index (χ0) is 31.6. The highest BCUT2D eigenvalue weighted by molar-refractivity contribution is 6.11. The van der Waals surface area contributed by atoms with Crippen molar-refractivity contribution in [2.45, 2.75) is 24.8 Å². The minimum atomic E-state index is -1.28. The molecule has 1 saturated heterocycles. The highest BCUT2D eigenvalue weighted by Crippen LogP contribution is 2.61. The van der Waals surface area contributed by atoms with Crippen molar-refractivity contribution >= 4 is 29.2 Å². The van der Waals surface area contributed by atoms with E-state index in [2.05, 4.69) is 0 Å². The van der Waals surface area contributed by atoms with E-state index in [-0.39, 0.29) is 16.8 Å². The molecule has 2 bridgehead atoms. The number of hydrazine groups is 1. The Hall–Kier alpha value is -5.64. The van der Waals surface area contributed by atoms with Crippen molar-refractivity contribution in [3.63, 3.8) is 0 Å². The number of nitro benzene ring substituents is 1. The zero-order valence-corrected chi connectivity index (χ0v) is 24.3. The van der Waals surface area contributed by atoms with Gasteiger partial charge in [0.1, 0.15) is 11.8 Å². The molecule has 0 unspecified atom stereocenters. The number of non-ortho nitro benzene ring substituents is 1. The van der Waals surface area contributed by atoms with E-state index in [4.69, 9.17) is 4.74 Å². The Kier molecular flexibility index (Phi) is 6.58. The van der Waals surface area contributed by atoms with Gasteiger partial charge in [-0.05, 0) is 65.6 Å². The van der Waals surface area contributed by atoms with Gasteiger partial charge in [0, 0.05) is 35.1 Å². The van der Waals surface area contributed by atoms with Gasteiger partial charge in [0.05, 0.1) is 23.9 Å². The SMILES string of the molecule is COc1ccc(C(=O)[C@H](C)N(C(=O)c2ccc([N+](=O)[O-])cc2)N2C(=O)[C@H]3C4c5ccccc5C(c5ccccc54)[C@@H]3C2=O)cc1. The van der Waals surface area contributed by atoms with Crippen molar-refractivity contribution in [1.82, 2.24) is 10.0 Å². The number of ether oxygens (including phenoxy) is 1. The lowest BCUT2D eigenvalue weighted by atomic mass is 9.55. The normalized spacial score (nSPS) is 21.4. The Morgan fingerprint density at radius 2 is 1.20 bits per heavy atom. The zero-order valence-electron chi connectivity index (χ0n) is 24.3. The predicted octanol–water partition coefficient (Wildman–Crippen LogP) is 5.12. The van der Waals surface area contributed by atoms with Gasteiger partial charge < -0.3 is 4.74 Å². The van der Waals surface area contributed by atoms with E-state index < -0.39 is 58.1 Å². The Balaban J connectivity index is 1.34. The molecule has 0 N–H and O–H groups in total. The maximum Gasteiger partial charge on any atom is 0.273 e. The van der Waals surface area contributed by atoms with Crippen LogP contribution in [0.1, 0.15) is 61.7 Å². The molecule has 1 fully saturated rings. The molecular formula is C35H27N3O7. The van der Waals surface area contributed by atoms with E-state index in [0.717, 1.165) is 32.3 Å². The number of nitro groups is 1. The second-order valence-corrected chi connectivity index (χ2v) is 11.5. The molecule has 3 amide bonds. The van der Waals surface area contributed by atoms with E-state index in [0.29, 0.717) is 5.75 Å². The number of amides is 3. The number of rotatable bonds is 7. The topological polar surface area (TPSA) is 127 Å². The molecule has 3 atom stereocenters. The molecule has 0 aromatic heterocycles. The minimum Gasteiger partial charge on any atom is -0.497 e. The van der Waals surface area contributed by atoms with Crippen LogP contribution in [0.25, 0.3) is 0 Å². The van der Waals surface area contributed by atoms with Crippen LogP contribution in [-0.4, -0.2) is 51.6 Å². The van der Waals surface area contributed by atoms with E-state index >= 15 is 0 Å². The first-order chi connectivity index (χ1) is 21.7. The molecule has 8 rings (SSSR count). The Bertz CT molecular complexity index is 1790. The number of methoxy groups -OCH3 is 1. The molecule has 4 aliphatic rings. The summed E-state index contributed by atoms with van der Waals surface area (Å²) in [6.07, 6.45) is 0. The monoisotopic (exact) mass is 601 g/mol. The second-order valence-electron chi connectivity index (χ2n) is 11.5. The van der Waals surface area contributed by atoms with Crippen molar-refractivity contribution in [3.05, 3.63) is 141 Å². The van der Waals surface area contributed by atoms with E-state index in [1.807, 2.05) is 48.5 Å². The van der Waals surface area contributed by atoms with Crippen LogP contribution in [0.5, 0.6) is 5.75 Å². The fourth-order valence-corrected chi connectivity index (χ4v) is 7.28. The molecule has 0 saturated carbocycles. The van der Waals surface area contributed by atoms with Gasteiger partial charge in [-0.25, -0.2) is 5.01 Å². The first-order valence-electron chi connectivity index (χ1n) is 14.5. The first-order valence-corrected chi connectivity index (χ1v) is 14.5. The summed E-state index contributed by atoms with van der Waals surface area (Å²) in [6, 6.07) is 25.5. The van der Waals surface area contributed by atoms with Crippen LogP contribution in [0.15, 0.2) is 97.1 Å². The Labute approximate surface area is 258 Å². The van der Waals surface area contributed by atoms with E-state index in [1.54, 1.807) is 24.3 Å². The van der Waals surface area contributed by atoms with Crippen LogP contribution in [0.4, 0.5) is 5.69 Å². The molecule has 1 heterocycles. The summed E-state index contributed by atoms with van der Waals surface area (Å²) in [5, 5.41) is 13.1. The third kappa shape index (κ3) is 4.16. The Morgan fingerprint density at radius 1 is 0.756 bits per heavy atom. The highest BCUT2D eigenvalue weighted by atomic mass is 16.6. The maximum atomic E-state index is 14.5. The molecule has 224 valence electrons. The van der Waals surface area contributed by atoms with E-state index in [1.165, 1.54) is 38.3 Å². The number of carbonyl (C=O) groups is 4. The molecule has 0 spiro atoms. The summed E-state index contributed by atoms with van der Waals surface area (Å²) >= 11 is 0. The van der Waals surface area contributed by atoms with Crippen LogP contribution in [0, 0.1) is 22.0 Å². The largest absolute Gasteiger partial charge is 0.497 e. The number of carbonyl (C=O) groups excluding carboxylic acids is 4. The second kappa shape index (κ2) is 10.5. The number of Topliss-reactive ketones (excluding diaryl/α,β-unsaturated/α-hetero) is 1. The van der Waals surface area contributed by atoms with Gasteiger partial charge >= 0.3 is 0 Å². The number of imide groups is 1. The quantitative estimate of drug-likeness (QED) is 0.124. The molecule has 10 nitrogen and oxygen atoms in total. The summed E-state index contributed by atoms with van der Waals surface area (Å²) in [5.74, 6) is -4.26. The molecule has 4 aromatic rings. The molecule has 10 heteroatoms. The fraction of sp³-hybridized carbons (Fsp3) is 0.200. The number of benzene rings is 4. The van der Waals surface area contributed by atoms with E-state index in [9.17, 15) is 29.3 Å². The molecule has 4 aromatic carbocycles. The third-order valence-corrected chi connectivity index (χ3v) is 9.29. The van der Waals surface area contributed by atoms with Gasteiger partial charge in [0.2, 0.25) is 0 Å². The van der Waals surface area contributed by atoms with Crippen LogP contribution < -0.4 is 4.74 Å². The van der Waals surface area contributed by atoms with Gasteiger partial charge in [-0.2, -0.15) is 5.01 Å². The standard InChI is InChI=1S/C35H27N3O7/c1-19(32(39)20-13-17-23(45-2)18-14-20)36(33(40)21-11-15-22(16-12-21)38(43)44)37-34(41)30-28-24-7-3-4-8-25(24)29(31(30)35(37)42)27-10-6-5-9-26(27)28/h3-19,28-31H,1-2H3/t19-,28?,29?,30-,31-/m0/s1. The summed E-state index contributed by atoms with van der Waals surface area (Å²) in [6.45, 7) is 1.47. The average molecular weight is 602 g/mol. The lowest BCUT2D eigenvalue weighted by Gasteiger charge is -2.45. The van der Waals surface area contributed by atoms with Gasteiger partial charge in [-0.3, -0.25) is 29.3 Å². The number of ketones is 1. The summed E-state index contributed by atoms with van der Waals surface area (Å²) < 4.78 is 5.20. The van der Waals surface area contributed by atoms with Crippen molar-refractivity contribution in [3.8, 4) is 5.75 Å². The maximum absolute atomic E-state index is 14.5. The summed E-state index contributed by atoms with van der Waals surface area (Å²) in [7, 11) is 1.50. The van der Waals surface area contributed by atoms with Crippen molar-refractivity contribution in [2.24, 2.45) is 11.8 Å². The molecule has 1 aliphatic heterocycles. The lowest BCUT2D eigenvalue weighted by molar-refractivity contribution is -0.384. The van der Waals surface area contributed by atoms with Gasteiger partial charge in [0.15, 0.2) is 5.78 Å². The fourth-order valence-electron chi connectivity index (χ4n) is 7.28. The summed E-state index contributed by atoms with van der Waals surface area (Å²) in [4.78, 5) is 67.8. The van der Waals surface area contributed by atoms with Crippen LogP contribution >= 0.6 is 0 Å². The lowest BCUT2D eigenvalue weighted by Crippen LogP contribution is -2.56. The Morgan fingerprint density at radius 3 is 1.62 bits per heavy atom. The number of hydrogen-bond donors (Lipinski definition) is 0. The average Bonchev–Trinajstić information content (AvgIpc) is 3.34. The van der Waals surface area contributed by atoms with Crippen LogP contribution in [0.3, 0.4) is 0 Å². The molecule has 45 heavy (non-hydrogen) atoms. The van der Waals surface area contributed by atoms with Gasteiger partial charge in [0.25, 0.3) is 23.4 Å². The smallest absolute Gasteiger partial charge is 0.273 e. The molecular weight excluding hydrogens is 574 g/mol. The van der Waals surface area contributed by atoms with Crippen molar-refractivity contribution in [2.75, 3.05) is 7.11 Å². The number of hydrogen-bond acceptors (Lipinski definition) is 7. The van der Waals surface area contributed by atoms with Crippen molar-refractivity contribution < 1.29 is 28.8 Å². The predicted molar refractivity (Wildman–Crippen MR) is 161 cm³/mol. The highest BCUT2D eigenvalue weighted by Gasteiger charge is 2.63. The van der Waals surface area contributed by atoms with Gasteiger partial charge in [-0.1, -0.05) is 48.5 Å². The first kappa shape index (κ1) is 28.1. The van der Waals surface area contributed by atoms with Crippen LogP contribution in [0.2, 0.25) is 0 Å². The number of nitrogens with zero attached hydrogens (tertiary/aromatic N) is 3.